The van der Waals surface area contributed by atoms with E-state index < -0.39 is 80.4 Å². The van der Waals surface area contributed by atoms with E-state index in [4.69, 9.17) is 0 Å². The third kappa shape index (κ3) is 3.07. The van der Waals surface area contributed by atoms with Crippen LogP contribution in [0, 0.1) is 0 Å². The molecule has 0 radical (unpaired) electrons. The van der Waals surface area contributed by atoms with E-state index in [1.54, 1.807) is 0 Å². The van der Waals surface area contributed by atoms with E-state index in [9.17, 15) is 53.4 Å². The molecule has 148 valence electrons. The van der Waals surface area contributed by atoms with E-state index in [0.29, 0.717) is 0 Å². The van der Waals surface area contributed by atoms with Gasteiger partial charge in [-0.2, -0.15) is 0 Å². The Bertz CT molecular complexity index is 466. The smallest absolute Gasteiger partial charge is 0.218 e. The lowest BCUT2D eigenvalue weighted by molar-refractivity contribution is -0.0599. The van der Waals surface area contributed by atoms with Gasteiger partial charge in [0.05, 0.1) is 0 Å². The largest absolute Gasteiger partial charge is 0.344 e. The molecular formula is C12H13F10O2P. The van der Waals surface area contributed by atoms with Crippen molar-refractivity contribution in [3.8, 4) is 0 Å². The minimum Gasteiger partial charge on any atom is -0.344 e. The van der Waals surface area contributed by atoms with Crippen LogP contribution in [-0.2, 0) is 4.57 Å². The van der Waals surface area contributed by atoms with Gasteiger partial charge in [0, 0.05) is 0 Å². The van der Waals surface area contributed by atoms with Gasteiger partial charge < -0.3 is 4.89 Å². The molecule has 8 atom stereocenters. The molecule has 0 amide bonds. The first-order valence-corrected chi connectivity index (χ1v) is 8.88. The van der Waals surface area contributed by atoms with Crippen molar-refractivity contribution in [1.29, 1.82) is 0 Å². The SMILES string of the molecule is O=P(O)(C1C(F)C(F)C(F)C(F)C1F)C1C(F)C(F)C(F)C(F)C1F. The second-order valence-electron chi connectivity index (χ2n) is 6.10. The molecular weight excluding hydrogens is 397 g/mol. The van der Waals surface area contributed by atoms with Crippen LogP contribution in [0.1, 0.15) is 0 Å². The van der Waals surface area contributed by atoms with Crippen molar-refractivity contribution < 1.29 is 53.4 Å². The van der Waals surface area contributed by atoms with Crippen molar-refractivity contribution in [3.05, 3.63) is 0 Å². The molecule has 0 aliphatic heterocycles. The average molecular weight is 410 g/mol. The third-order valence-corrected chi connectivity index (χ3v) is 7.44. The molecule has 2 nitrogen and oxygen atoms in total. The van der Waals surface area contributed by atoms with Gasteiger partial charge >= 0.3 is 0 Å². The summed E-state index contributed by atoms with van der Waals surface area (Å²) in [5.74, 6) is 0. The van der Waals surface area contributed by atoms with Crippen LogP contribution in [0.4, 0.5) is 43.9 Å². The van der Waals surface area contributed by atoms with Crippen LogP contribution in [0.5, 0.6) is 0 Å². The quantitative estimate of drug-likeness (QED) is 0.560. The molecule has 8 unspecified atom stereocenters. The van der Waals surface area contributed by atoms with Gasteiger partial charge in [0.15, 0.2) is 37.0 Å². The normalized spacial score (nSPS) is 57.1. The maximum Gasteiger partial charge on any atom is 0.218 e. The van der Waals surface area contributed by atoms with Crippen molar-refractivity contribution >= 4 is 7.37 Å². The van der Waals surface area contributed by atoms with Gasteiger partial charge in [-0.15, -0.1) is 0 Å². The first-order chi connectivity index (χ1) is 11.4. The molecule has 0 aromatic carbocycles. The second-order valence-corrected chi connectivity index (χ2v) is 8.64. The number of rotatable bonds is 2. The molecule has 2 rings (SSSR count). The highest BCUT2D eigenvalue weighted by Crippen LogP contribution is 2.62. The van der Waals surface area contributed by atoms with Gasteiger partial charge in [0.25, 0.3) is 0 Å². The van der Waals surface area contributed by atoms with Gasteiger partial charge in [-0.25, -0.2) is 43.9 Å². The first-order valence-electron chi connectivity index (χ1n) is 7.08. The Labute approximate surface area is 135 Å². The fourth-order valence-corrected chi connectivity index (χ4v) is 5.86. The lowest BCUT2D eigenvalue weighted by atomic mass is 9.90. The summed E-state index contributed by atoms with van der Waals surface area (Å²) in [5.41, 5.74) is -6.61. The standard InChI is InChI=1S/C12H13F10O2P/c13-1-3(15)7(19)11(8(20)4(1)16)25(23,24)12-9(21)5(17)2(14)6(18)10(12)22/h1-12H,(H,23,24). The summed E-state index contributed by atoms with van der Waals surface area (Å²) in [6, 6.07) is 0. The average Bonchev–Trinajstić information content (AvgIpc) is 2.54. The van der Waals surface area contributed by atoms with Crippen LogP contribution in [0.25, 0.3) is 0 Å². The predicted molar refractivity (Wildman–Crippen MR) is 66.4 cm³/mol. The zero-order valence-electron chi connectivity index (χ0n) is 12.0. The van der Waals surface area contributed by atoms with Crippen molar-refractivity contribution in [2.75, 3.05) is 0 Å². The Morgan fingerprint density at radius 1 is 0.440 bits per heavy atom. The van der Waals surface area contributed by atoms with E-state index in [2.05, 4.69) is 0 Å². The number of alkyl halides is 10. The summed E-state index contributed by atoms with van der Waals surface area (Å²) in [7, 11) is -6.06. The zero-order chi connectivity index (χ0) is 19.4. The van der Waals surface area contributed by atoms with Gasteiger partial charge in [-0.1, -0.05) is 0 Å². The Balaban J connectivity index is 2.44. The number of halogens is 10. The van der Waals surface area contributed by atoms with Gasteiger partial charge in [-0.3, -0.25) is 4.57 Å². The lowest BCUT2D eigenvalue weighted by Crippen LogP contribution is -2.61. The molecule has 2 aliphatic carbocycles. The van der Waals surface area contributed by atoms with Crippen LogP contribution in [-0.4, -0.2) is 77.9 Å². The summed E-state index contributed by atoms with van der Waals surface area (Å²) in [6.45, 7) is 0. The summed E-state index contributed by atoms with van der Waals surface area (Å²) < 4.78 is 147. The Morgan fingerprint density at radius 3 is 0.800 bits per heavy atom. The van der Waals surface area contributed by atoms with Gasteiger partial charge in [0.2, 0.25) is 7.37 Å². The molecule has 0 heterocycles. The van der Waals surface area contributed by atoms with Gasteiger partial charge in [0.1, 0.15) is 36.0 Å². The minimum atomic E-state index is -6.06. The van der Waals surface area contributed by atoms with Crippen molar-refractivity contribution in [2.24, 2.45) is 0 Å². The monoisotopic (exact) mass is 410 g/mol. The van der Waals surface area contributed by atoms with Crippen LogP contribution in [0.15, 0.2) is 0 Å². The van der Waals surface area contributed by atoms with E-state index in [1.807, 2.05) is 0 Å². The summed E-state index contributed by atoms with van der Waals surface area (Å²) in [5, 5.41) is 0. The molecule has 0 spiro atoms. The Hall–Kier alpha value is -0.510. The summed E-state index contributed by atoms with van der Waals surface area (Å²) >= 11 is 0. The number of hydrogen-bond acceptors (Lipinski definition) is 1. The minimum absolute atomic E-state index is 3.30. The molecule has 25 heavy (non-hydrogen) atoms. The summed E-state index contributed by atoms with van der Waals surface area (Å²) in [6.07, 6.45) is -34.5. The summed E-state index contributed by atoms with van der Waals surface area (Å²) in [4.78, 5) is 9.77. The first kappa shape index (κ1) is 20.8. The van der Waals surface area contributed by atoms with Crippen molar-refractivity contribution in [2.45, 2.75) is 73.0 Å². The molecule has 2 saturated carbocycles. The molecule has 2 fully saturated rings. The van der Waals surface area contributed by atoms with E-state index in [0.717, 1.165) is 0 Å². The van der Waals surface area contributed by atoms with Gasteiger partial charge in [-0.05, 0) is 0 Å². The molecule has 1 N–H and O–H groups in total. The fourth-order valence-electron chi connectivity index (χ4n) is 3.17. The molecule has 0 saturated heterocycles. The topological polar surface area (TPSA) is 37.3 Å². The lowest BCUT2D eigenvalue weighted by Gasteiger charge is -2.44. The maximum atomic E-state index is 13.8. The van der Waals surface area contributed by atoms with Crippen molar-refractivity contribution in [1.82, 2.24) is 0 Å². The molecule has 2 aliphatic rings. The highest BCUT2D eigenvalue weighted by atomic mass is 31.2. The predicted octanol–water partition coefficient (Wildman–Crippen LogP) is 3.40. The van der Waals surface area contributed by atoms with Crippen LogP contribution < -0.4 is 0 Å². The molecule has 0 aromatic rings. The second kappa shape index (κ2) is 6.90. The van der Waals surface area contributed by atoms with E-state index in [1.165, 1.54) is 0 Å². The maximum absolute atomic E-state index is 13.8. The Morgan fingerprint density at radius 2 is 0.600 bits per heavy atom. The van der Waals surface area contributed by atoms with E-state index >= 15 is 0 Å². The highest BCUT2D eigenvalue weighted by molar-refractivity contribution is 7.59. The third-order valence-electron chi connectivity index (χ3n) is 4.59. The van der Waals surface area contributed by atoms with E-state index in [-0.39, 0.29) is 0 Å². The molecule has 0 aromatic heterocycles. The number of hydrogen-bond donors (Lipinski definition) is 1. The van der Waals surface area contributed by atoms with Crippen molar-refractivity contribution in [3.63, 3.8) is 0 Å². The van der Waals surface area contributed by atoms with Crippen LogP contribution >= 0.6 is 7.37 Å². The molecule has 13 heteroatoms. The van der Waals surface area contributed by atoms with Crippen LogP contribution in [0.2, 0.25) is 0 Å². The zero-order valence-corrected chi connectivity index (χ0v) is 12.9. The Kier molecular flexibility index (Phi) is 5.74. The van der Waals surface area contributed by atoms with Crippen LogP contribution in [0.3, 0.4) is 0 Å². The molecule has 0 bridgehead atoms. The fraction of sp³-hybridized carbons (Fsp3) is 1.00. The highest BCUT2D eigenvalue weighted by Gasteiger charge is 2.67.